The maximum atomic E-state index is 12.5. The summed E-state index contributed by atoms with van der Waals surface area (Å²) in [4.78, 5) is 12.5. The van der Waals surface area contributed by atoms with E-state index in [1.165, 1.54) is 11.8 Å². The third-order valence-electron chi connectivity index (χ3n) is 4.55. The number of benzene rings is 2. The summed E-state index contributed by atoms with van der Waals surface area (Å²) in [5, 5.41) is 9.93. The lowest BCUT2D eigenvalue weighted by Gasteiger charge is -2.10. The van der Waals surface area contributed by atoms with Crippen molar-refractivity contribution in [2.75, 3.05) is 5.75 Å². The first-order chi connectivity index (χ1) is 13.6. The van der Waals surface area contributed by atoms with Gasteiger partial charge in [-0.3, -0.25) is 9.36 Å². The summed E-state index contributed by atoms with van der Waals surface area (Å²) in [5.74, 6) is 1.80. The van der Waals surface area contributed by atoms with E-state index in [1.54, 1.807) is 6.07 Å². The van der Waals surface area contributed by atoms with Gasteiger partial charge in [0.2, 0.25) is 0 Å². The van der Waals surface area contributed by atoms with E-state index in [2.05, 4.69) is 14.8 Å². The number of carbonyl (C=O) groups excluding carboxylic acids is 1. The van der Waals surface area contributed by atoms with Gasteiger partial charge in [-0.25, -0.2) is 0 Å². The highest BCUT2D eigenvalue weighted by molar-refractivity contribution is 7.99. The molecule has 1 aliphatic carbocycles. The molecule has 0 atom stereocenters. The monoisotopic (exact) mass is 413 g/mol. The lowest BCUT2D eigenvalue weighted by Crippen LogP contribution is -2.08. The Bertz CT molecular complexity index is 984. The summed E-state index contributed by atoms with van der Waals surface area (Å²) in [6.45, 7) is 2.30. The Morgan fingerprint density at radius 3 is 2.64 bits per heavy atom. The number of halogens is 1. The van der Waals surface area contributed by atoms with E-state index in [4.69, 9.17) is 16.3 Å². The fourth-order valence-electron chi connectivity index (χ4n) is 2.86. The second kappa shape index (κ2) is 8.37. The molecule has 0 N–H and O–H groups in total. The highest BCUT2D eigenvalue weighted by Gasteiger charge is 2.30. The molecule has 1 heterocycles. The Balaban J connectivity index is 1.44. The number of hydrogen-bond donors (Lipinski definition) is 0. The Morgan fingerprint density at radius 2 is 1.93 bits per heavy atom. The van der Waals surface area contributed by atoms with Crippen LogP contribution in [0.5, 0.6) is 5.75 Å². The minimum Gasteiger partial charge on any atom is -0.484 e. The van der Waals surface area contributed by atoms with Crippen LogP contribution in [0.3, 0.4) is 0 Å². The molecule has 28 heavy (non-hydrogen) atoms. The van der Waals surface area contributed by atoms with E-state index in [9.17, 15) is 4.79 Å². The molecule has 4 rings (SSSR count). The summed E-state index contributed by atoms with van der Waals surface area (Å²) in [7, 11) is 0. The predicted octanol–water partition coefficient (Wildman–Crippen LogP) is 5.13. The van der Waals surface area contributed by atoms with Gasteiger partial charge in [-0.15, -0.1) is 10.2 Å². The number of nitrogens with zero attached hydrogens (tertiary/aromatic N) is 3. The van der Waals surface area contributed by atoms with Gasteiger partial charge in [0.15, 0.2) is 16.8 Å². The molecule has 7 heteroatoms. The molecular weight excluding hydrogens is 394 g/mol. The molecule has 0 bridgehead atoms. The zero-order valence-corrected chi connectivity index (χ0v) is 17.0. The summed E-state index contributed by atoms with van der Waals surface area (Å²) in [6, 6.07) is 15.4. The zero-order valence-electron chi connectivity index (χ0n) is 15.5. The number of hydrogen-bond acceptors (Lipinski definition) is 5. The van der Waals surface area contributed by atoms with E-state index in [0.29, 0.717) is 29.2 Å². The van der Waals surface area contributed by atoms with Gasteiger partial charge in [0, 0.05) is 11.6 Å². The molecule has 144 valence electrons. The standard InChI is InChI=1S/C21H20ClN3O2S/c1-14-6-8-15(9-7-14)18(26)13-28-21-24-23-20(25(21)16-10-11-16)12-27-19-5-3-2-4-17(19)22/h2-9,16H,10-13H2,1H3. The minimum atomic E-state index is 0.0872. The fraction of sp³-hybridized carbons (Fsp3) is 0.286. The fourth-order valence-corrected chi connectivity index (χ4v) is 3.97. The number of para-hydroxylation sites is 1. The Kier molecular flexibility index (Phi) is 5.69. The average molecular weight is 414 g/mol. The van der Waals surface area contributed by atoms with Crippen molar-refractivity contribution in [1.29, 1.82) is 0 Å². The normalized spacial score (nSPS) is 13.5. The SMILES string of the molecule is Cc1ccc(C(=O)CSc2nnc(COc3ccccc3Cl)n2C2CC2)cc1. The molecule has 5 nitrogen and oxygen atoms in total. The zero-order chi connectivity index (χ0) is 19.5. The molecule has 1 aliphatic rings. The van der Waals surface area contributed by atoms with E-state index in [-0.39, 0.29) is 5.78 Å². The number of Topliss-reactive ketones (excluding diaryl/α,β-unsaturated/α-hetero) is 1. The molecule has 0 unspecified atom stereocenters. The smallest absolute Gasteiger partial charge is 0.192 e. The summed E-state index contributed by atoms with van der Waals surface area (Å²) in [6.07, 6.45) is 2.19. The predicted molar refractivity (Wildman–Crippen MR) is 110 cm³/mol. The molecule has 0 amide bonds. The highest BCUT2D eigenvalue weighted by Crippen LogP contribution is 2.39. The molecule has 0 saturated heterocycles. The van der Waals surface area contributed by atoms with Gasteiger partial charge in [0.1, 0.15) is 12.4 Å². The summed E-state index contributed by atoms with van der Waals surface area (Å²) in [5.41, 5.74) is 1.86. The van der Waals surface area contributed by atoms with Crippen LogP contribution in [0.4, 0.5) is 0 Å². The minimum absolute atomic E-state index is 0.0872. The van der Waals surface area contributed by atoms with Crippen molar-refractivity contribution in [1.82, 2.24) is 14.8 Å². The summed E-state index contributed by atoms with van der Waals surface area (Å²) >= 11 is 7.58. The van der Waals surface area contributed by atoms with Crippen molar-refractivity contribution in [3.63, 3.8) is 0 Å². The third kappa shape index (κ3) is 4.39. The molecule has 0 aliphatic heterocycles. The molecule has 1 aromatic heterocycles. The molecule has 1 fully saturated rings. The van der Waals surface area contributed by atoms with Crippen LogP contribution in [0.2, 0.25) is 5.02 Å². The van der Waals surface area contributed by atoms with Crippen molar-refractivity contribution >= 4 is 29.1 Å². The average Bonchev–Trinajstić information content (AvgIpc) is 3.46. The molecule has 2 aromatic carbocycles. The quantitative estimate of drug-likeness (QED) is 0.378. The van der Waals surface area contributed by atoms with Crippen LogP contribution in [-0.4, -0.2) is 26.3 Å². The number of ketones is 1. The van der Waals surface area contributed by atoms with Gasteiger partial charge in [-0.05, 0) is 31.9 Å². The van der Waals surface area contributed by atoms with Crippen LogP contribution in [0.1, 0.15) is 40.6 Å². The van der Waals surface area contributed by atoms with Crippen LogP contribution in [0, 0.1) is 6.92 Å². The van der Waals surface area contributed by atoms with E-state index < -0.39 is 0 Å². The van der Waals surface area contributed by atoms with Gasteiger partial charge in [0.25, 0.3) is 0 Å². The lowest BCUT2D eigenvalue weighted by molar-refractivity contribution is 0.102. The molecule has 3 aromatic rings. The van der Waals surface area contributed by atoms with Crippen LogP contribution in [-0.2, 0) is 6.61 Å². The topological polar surface area (TPSA) is 57.0 Å². The van der Waals surface area contributed by atoms with Crippen molar-refractivity contribution in [2.24, 2.45) is 0 Å². The maximum Gasteiger partial charge on any atom is 0.192 e. The molecule has 0 spiro atoms. The number of aromatic nitrogens is 3. The van der Waals surface area contributed by atoms with E-state index in [0.717, 1.165) is 34.9 Å². The number of ether oxygens (including phenoxy) is 1. The first-order valence-corrected chi connectivity index (χ1v) is 10.5. The van der Waals surface area contributed by atoms with Gasteiger partial charge in [0.05, 0.1) is 10.8 Å². The Hall–Kier alpha value is -2.31. The van der Waals surface area contributed by atoms with Crippen molar-refractivity contribution in [3.8, 4) is 5.75 Å². The first kappa shape index (κ1) is 19.0. The maximum absolute atomic E-state index is 12.5. The number of rotatable bonds is 8. The van der Waals surface area contributed by atoms with Crippen molar-refractivity contribution in [2.45, 2.75) is 37.6 Å². The van der Waals surface area contributed by atoms with Crippen LogP contribution >= 0.6 is 23.4 Å². The number of carbonyl (C=O) groups is 1. The number of thioether (sulfide) groups is 1. The second-order valence-electron chi connectivity index (χ2n) is 6.80. The molecule has 0 radical (unpaired) electrons. The van der Waals surface area contributed by atoms with Crippen molar-refractivity contribution in [3.05, 3.63) is 70.5 Å². The van der Waals surface area contributed by atoms with E-state index >= 15 is 0 Å². The van der Waals surface area contributed by atoms with Crippen LogP contribution in [0.15, 0.2) is 53.7 Å². The highest BCUT2D eigenvalue weighted by atomic mass is 35.5. The van der Waals surface area contributed by atoms with Gasteiger partial charge < -0.3 is 4.74 Å². The van der Waals surface area contributed by atoms with Gasteiger partial charge >= 0.3 is 0 Å². The molecule has 1 saturated carbocycles. The second-order valence-corrected chi connectivity index (χ2v) is 8.15. The van der Waals surface area contributed by atoms with Gasteiger partial charge in [-0.1, -0.05) is 65.3 Å². The number of aryl methyl sites for hydroxylation is 1. The van der Waals surface area contributed by atoms with Gasteiger partial charge in [-0.2, -0.15) is 0 Å². The van der Waals surface area contributed by atoms with Crippen LogP contribution < -0.4 is 4.74 Å². The van der Waals surface area contributed by atoms with E-state index in [1.807, 2.05) is 49.4 Å². The van der Waals surface area contributed by atoms with Crippen molar-refractivity contribution < 1.29 is 9.53 Å². The Morgan fingerprint density at radius 1 is 1.18 bits per heavy atom. The largest absolute Gasteiger partial charge is 0.484 e. The lowest BCUT2D eigenvalue weighted by atomic mass is 10.1. The van der Waals surface area contributed by atoms with Crippen LogP contribution in [0.25, 0.3) is 0 Å². The Labute approximate surface area is 173 Å². The molecular formula is C21H20ClN3O2S. The first-order valence-electron chi connectivity index (χ1n) is 9.15. The summed E-state index contributed by atoms with van der Waals surface area (Å²) < 4.78 is 7.93. The third-order valence-corrected chi connectivity index (χ3v) is 5.80.